The number of halogens is 3. The number of hydrogen-bond acceptors (Lipinski definition) is 9. The van der Waals surface area contributed by atoms with Gasteiger partial charge in [0.2, 0.25) is 5.91 Å². The van der Waals surface area contributed by atoms with E-state index in [2.05, 4.69) is 15.7 Å². The molecule has 1 aromatic heterocycles. The summed E-state index contributed by atoms with van der Waals surface area (Å²) in [5, 5.41) is 13.7. The van der Waals surface area contributed by atoms with Crippen molar-refractivity contribution in [2.75, 3.05) is 25.1 Å². The number of hydrogen-bond donors (Lipinski definition) is 4. The molecule has 0 spiro atoms. The molecule has 0 radical (unpaired) electrons. The topological polar surface area (TPSA) is 156 Å². The van der Waals surface area contributed by atoms with Crippen LogP contribution in [0.25, 0.3) is 10.8 Å². The summed E-state index contributed by atoms with van der Waals surface area (Å²) >= 11 is 6.03. The molecule has 0 fully saturated rings. The van der Waals surface area contributed by atoms with Gasteiger partial charge in [-0.1, -0.05) is 23.7 Å². The minimum Gasteiger partial charge on any atom is -0.464 e. The molecule has 1 heterocycles. The molecule has 0 bridgehead atoms. The molecular formula is C27H30ClF2N5O6. The summed E-state index contributed by atoms with van der Waals surface area (Å²) in [6.07, 6.45) is 1.03. The quantitative estimate of drug-likeness (QED) is 0.133. The lowest BCUT2D eigenvalue weighted by Crippen LogP contribution is -2.50. The smallest absolute Gasteiger partial charge is 0.412 e. The number of nitrogens with one attached hydrogen (secondary N) is 2. The van der Waals surface area contributed by atoms with Crippen LogP contribution in [-0.2, 0) is 25.6 Å². The molecule has 0 unspecified atom stereocenters. The lowest BCUT2D eigenvalue weighted by molar-refractivity contribution is -0.146. The number of esters is 1. The summed E-state index contributed by atoms with van der Waals surface area (Å²) in [4.78, 5) is 41.0. The highest BCUT2D eigenvalue weighted by Crippen LogP contribution is 2.20. The van der Waals surface area contributed by atoms with Crippen LogP contribution in [0.3, 0.4) is 0 Å². The van der Waals surface area contributed by atoms with Gasteiger partial charge in [0.05, 0.1) is 24.3 Å². The fourth-order valence-corrected chi connectivity index (χ4v) is 4.00. The van der Waals surface area contributed by atoms with Gasteiger partial charge >= 0.3 is 12.1 Å². The molecule has 0 aliphatic carbocycles. The van der Waals surface area contributed by atoms with Crippen LogP contribution in [0, 0.1) is 11.6 Å². The number of pyridine rings is 1. The second-order valence-corrected chi connectivity index (χ2v) is 9.35. The molecular weight excluding hydrogens is 564 g/mol. The molecule has 0 aliphatic rings. The Hall–Kier alpha value is -3.91. The fraction of sp³-hybridized carbons (Fsp3) is 0.333. The van der Waals surface area contributed by atoms with Gasteiger partial charge in [-0.2, -0.15) is 0 Å². The molecule has 5 N–H and O–H groups in total. The van der Waals surface area contributed by atoms with Crippen LogP contribution in [0.1, 0.15) is 25.3 Å². The van der Waals surface area contributed by atoms with Crippen LogP contribution >= 0.6 is 11.6 Å². The maximum absolute atomic E-state index is 13.9. The molecule has 11 nitrogen and oxygen atoms in total. The van der Waals surface area contributed by atoms with Crippen molar-refractivity contribution in [3.8, 4) is 0 Å². The first-order valence-corrected chi connectivity index (χ1v) is 12.9. The Balaban J connectivity index is 1.67. The number of carbonyl (C=O) groups excluding carboxylic acids is 3. The van der Waals surface area contributed by atoms with Crippen LogP contribution in [-0.4, -0.2) is 65.0 Å². The SMILES string of the molecule is CC(=O)N(NCc1cccc(F)c1Cl)[C@@H](CCCOC(=O)[C@@H](N)CO)COC(=O)Nc1cc2cc(F)ccc2cn1. The normalized spacial score (nSPS) is 12.4. The number of carbonyl (C=O) groups is 3. The monoisotopic (exact) mass is 593 g/mol. The van der Waals surface area contributed by atoms with Gasteiger partial charge in [0.25, 0.3) is 0 Å². The number of benzene rings is 2. The first kappa shape index (κ1) is 31.6. The van der Waals surface area contributed by atoms with Gasteiger partial charge in [0, 0.05) is 25.1 Å². The number of aliphatic hydroxyl groups excluding tert-OH is 1. The average Bonchev–Trinajstić information content (AvgIpc) is 2.94. The van der Waals surface area contributed by atoms with Crippen LogP contribution in [0.4, 0.5) is 19.4 Å². The number of rotatable bonds is 13. The second kappa shape index (κ2) is 15.2. The van der Waals surface area contributed by atoms with Crippen molar-refractivity contribution < 1.29 is 37.7 Å². The van der Waals surface area contributed by atoms with E-state index in [1.807, 2.05) is 0 Å². The van der Waals surface area contributed by atoms with Crippen molar-refractivity contribution in [2.24, 2.45) is 5.73 Å². The van der Waals surface area contributed by atoms with Crippen molar-refractivity contribution in [2.45, 2.75) is 38.4 Å². The molecule has 2 atom stereocenters. The lowest BCUT2D eigenvalue weighted by Gasteiger charge is -2.31. The predicted octanol–water partition coefficient (Wildman–Crippen LogP) is 3.28. The Labute approximate surface area is 239 Å². The zero-order valence-corrected chi connectivity index (χ0v) is 22.9. The molecule has 41 heavy (non-hydrogen) atoms. The van der Waals surface area contributed by atoms with Crippen molar-refractivity contribution in [1.29, 1.82) is 0 Å². The number of hydrazine groups is 1. The van der Waals surface area contributed by atoms with Gasteiger partial charge in [-0.05, 0) is 54.1 Å². The predicted molar refractivity (Wildman–Crippen MR) is 146 cm³/mol. The summed E-state index contributed by atoms with van der Waals surface area (Å²) in [5.41, 5.74) is 8.72. The van der Waals surface area contributed by atoms with E-state index >= 15 is 0 Å². The van der Waals surface area contributed by atoms with Gasteiger partial charge in [0.15, 0.2) is 0 Å². The third-order valence-electron chi connectivity index (χ3n) is 5.92. The number of nitrogens with two attached hydrogens (primary N) is 1. The zero-order valence-electron chi connectivity index (χ0n) is 22.1. The highest BCUT2D eigenvalue weighted by atomic mass is 35.5. The molecule has 3 aromatic rings. The first-order chi connectivity index (χ1) is 19.6. The van der Waals surface area contributed by atoms with E-state index in [0.29, 0.717) is 16.3 Å². The molecule has 220 valence electrons. The highest BCUT2D eigenvalue weighted by molar-refractivity contribution is 6.31. The Morgan fingerprint density at radius 2 is 1.93 bits per heavy atom. The Kier molecular flexibility index (Phi) is 11.7. The van der Waals surface area contributed by atoms with E-state index < -0.39 is 48.3 Å². The van der Waals surface area contributed by atoms with E-state index in [9.17, 15) is 23.2 Å². The molecule has 2 aromatic carbocycles. The van der Waals surface area contributed by atoms with Gasteiger partial charge in [-0.25, -0.2) is 24.0 Å². The van der Waals surface area contributed by atoms with Crippen LogP contribution < -0.4 is 16.5 Å². The van der Waals surface area contributed by atoms with Gasteiger partial charge < -0.3 is 20.3 Å². The molecule has 0 aliphatic heterocycles. The maximum Gasteiger partial charge on any atom is 0.412 e. The van der Waals surface area contributed by atoms with Crippen molar-refractivity contribution in [3.63, 3.8) is 0 Å². The minimum atomic E-state index is -1.18. The third-order valence-corrected chi connectivity index (χ3v) is 6.35. The Morgan fingerprint density at radius 3 is 2.66 bits per heavy atom. The van der Waals surface area contributed by atoms with Crippen LogP contribution in [0.5, 0.6) is 0 Å². The highest BCUT2D eigenvalue weighted by Gasteiger charge is 2.24. The number of ether oxygens (including phenoxy) is 2. The van der Waals surface area contributed by atoms with E-state index in [-0.39, 0.29) is 43.4 Å². The number of nitrogens with zero attached hydrogens (tertiary/aromatic N) is 2. The van der Waals surface area contributed by atoms with Gasteiger partial charge in [-0.3, -0.25) is 19.9 Å². The number of amides is 2. The summed E-state index contributed by atoms with van der Waals surface area (Å²) in [6, 6.07) is 7.96. The molecule has 0 saturated heterocycles. The maximum atomic E-state index is 13.9. The molecule has 14 heteroatoms. The fourth-order valence-electron chi connectivity index (χ4n) is 3.81. The summed E-state index contributed by atoms with van der Waals surface area (Å²) < 4.78 is 37.8. The van der Waals surface area contributed by atoms with E-state index in [1.54, 1.807) is 12.1 Å². The van der Waals surface area contributed by atoms with Crippen molar-refractivity contribution in [3.05, 3.63) is 70.9 Å². The van der Waals surface area contributed by atoms with E-state index in [1.165, 1.54) is 48.5 Å². The standard InChI is InChI=1S/C27H30ClF2N5O6/c1-16(37)35(33-13-18-4-2-6-22(30)25(18)28)21(5-3-9-40-26(38)23(31)14-36)15-41-27(39)34-24-11-19-10-20(29)8-7-17(19)12-32-24/h2,4,6-8,10-12,21,23,33,36H,3,5,9,13-15,31H2,1H3,(H,32,34,39)/t21-,23-/m0/s1. The van der Waals surface area contributed by atoms with Gasteiger partial charge in [-0.15, -0.1) is 0 Å². The van der Waals surface area contributed by atoms with E-state index in [0.717, 1.165) is 0 Å². The summed E-state index contributed by atoms with van der Waals surface area (Å²) in [7, 11) is 0. The zero-order chi connectivity index (χ0) is 29.9. The van der Waals surface area contributed by atoms with E-state index in [4.69, 9.17) is 31.9 Å². The summed E-state index contributed by atoms with van der Waals surface area (Å²) in [5.74, 6) is -2.17. The molecule has 0 saturated carbocycles. The minimum absolute atomic E-state index is 0.0171. The lowest BCUT2D eigenvalue weighted by atomic mass is 10.1. The van der Waals surface area contributed by atoms with Crippen molar-refractivity contribution >= 4 is 46.2 Å². The van der Waals surface area contributed by atoms with Gasteiger partial charge in [0.1, 0.15) is 30.1 Å². The van der Waals surface area contributed by atoms with Crippen LogP contribution in [0.2, 0.25) is 5.02 Å². The molecule has 2 amide bonds. The Morgan fingerprint density at radius 1 is 1.15 bits per heavy atom. The second-order valence-electron chi connectivity index (χ2n) is 8.97. The largest absolute Gasteiger partial charge is 0.464 e. The number of fused-ring (bicyclic) bond motifs is 1. The average molecular weight is 594 g/mol. The summed E-state index contributed by atoms with van der Waals surface area (Å²) in [6.45, 7) is 0.328. The number of anilines is 1. The molecule has 3 rings (SSSR count). The Bertz CT molecular complexity index is 1380. The first-order valence-electron chi connectivity index (χ1n) is 12.6. The van der Waals surface area contributed by atoms with Crippen molar-refractivity contribution in [1.82, 2.24) is 15.4 Å². The number of aromatic nitrogens is 1. The van der Waals surface area contributed by atoms with Crippen LogP contribution in [0.15, 0.2) is 48.7 Å². The number of aliphatic hydroxyl groups is 1. The third kappa shape index (κ3) is 9.32.